The molecule has 1 aliphatic carbocycles. The Bertz CT molecular complexity index is 512. The lowest BCUT2D eigenvalue weighted by Gasteiger charge is -2.23. The number of piperidine rings is 1. The summed E-state index contributed by atoms with van der Waals surface area (Å²) in [4.78, 5) is 12.3. The number of hydrogen-bond acceptors (Lipinski definition) is 2. The molecule has 5 heteroatoms. The topological polar surface area (TPSA) is 41.1 Å². The van der Waals surface area contributed by atoms with Gasteiger partial charge in [-0.1, -0.05) is 29.3 Å². The van der Waals surface area contributed by atoms with E-state index in [4.69, 9.17) is 23.2 Å². The summed E-state index contributed by atoms with van der Waals surface area (Å²) in [6.45, 7) is 2.03. The van der Waals surface area contributed by atoms with Crippen molar-refractivity contribution in [2.45, 2.75) is 19.3 Å². The third kappa shape index (κ3) is 2.47. The first-order valence-electron chi connectivity index (χ1n) is 6.58. The Morgan fingerprint density at radius 1 is 1.32 bits per heavy atom. The summed E-state index contributed by atoms with van der Waals surface area (Å²) in [6, 6.07) is 5.28. The highest BCUT2D eigenvalue weighted by Gasteiger charge is 2.57. The van der Waals surface area contributed by atoms with Gasteiger partial charge in [0.1, 0.15) is 0 Å². The normalized spacial score (nSPS) is 24.2. The monoisotopic (exact) mass is 298 g/mol. The van der Waals surface area contributed by atoms with Gasteiger partial charge in [0.15, 0.2) is 0 Å². The fourth-order valence-corrected chi connectivity index (χ4v) is 3.36. The van der Waals surface area contributed by atoms with Crippen LogP contribution in [0.5, 0.6) is 0 Å². The summed E-state index contributed by atoms with van der Waals surface area (Å²) in [6.07, 6.45) is 3.18. The molecule has 1 atom stereocenters. The van der Waals surface area contributed by atoms with Crippen molar-refractivity contribution in [3.63, 3.8) is 0 Å². The van der Waals surface area contributed by atoms with Crippen molar-refractivity contribution in [2.75, 3.05) is 18.4 Å². The number of rotatable bonds is 2. The lowest BCUT2D eigenvalue weighted by molar-refractivity contribution is -0.118. The second kappa shape index (κ2) is 4.97. The van der Waals surface area contributed by atoms with Gasteiger partial charge in [0.2, 0.25) is 5.91 Å². The highest BCUT2D eigenvalue weighted by Crippen LogP contribution is 2.58. The maximum Gasteiger partial charge on any atom is 0.228 e. The molecule has 3 nitrogen and oxygen atoms in total. The van der Waals surface area contributed by atoms with Crippen molar-refractivity contribution in [1.82, 2.24) is 5.32 Å². The Labute approximate surface area is 122 Å². The fourth-order valence-electron chi connectivity index (χ4n) is 3.02. The van der Waals surface area contributed by atoms with Crippen molar-refractivity contribution in [3.05, 3.63) is 28.2 Å². The summed E-state index contributed by atoms with van der Waals surface area (Å²) in [5.41, 5.74) is 0.843. The zero-order chi connectivity index (χ0) is 13.5. The van der Waals surface area contributed by atoms with Crippen LogP contribution in [0.15, 0.2) is 18.2 Å². The van der Waals surface area contributed by atoms with Gasteiger partial charge < -0.3 is 10.6 Å². The average Bonchev–Trinajstić information content (AvgIpc) is 3.09. The number of carbonyl (C=O) groups excluding carboxylic acids is 1. The van der Waals surface area contributed by atoms with Gasteiger partial charge in [0.25, 0.3) is 0 Å². The van der Waals surface area contributed by atoms with E-state index < -0.39 is 0 Å². The molecule has 102 valence electrons. The average molecular weight is 299 g/mol. The van der Waals surface area contributed by atoms with Crippen molar-refractivity contribution >= 4 is 34.8 Å². The summed E-state index contributed by atoms with van der Waals surface area (Å²) in [5, 5.41) is 7.12. The quantitative estimate of drug-likeness (QED) is 0.879. The fraction of sp³-hybridized carbons (Fsp3) is 0.500. The molecule has 0 radical (unpaired) electrons. The number of carbonyl (C=O) groups is 1. The highest BCUT2D eigenvalue weighted by molar-refractivity contribution is 6.44. The van der Waals surface area contributed by atoms with Crippen LogP contribution in [0.4, 0.5) is 5.69 Å². The molecule has 3 rings (SSSR count). The Hall–Kier alpha value is -0.770. The standard InChI is InChI=1S/C14H16Cl2N2O/c15-10-2-1-3-11(12(10)16)18-13(19)9-8-14(9)4-6-17-7-5-14/h1-3,9,17H,4-8H2,(H,18,19). The van der Waals surface area contributed by atoms with Crippen LogP contribution in [0, 0.1) is 11.3 Å². The van der Waals surface area contributed by atoms with Gasteiger partial charge in [-0.25, -0.2) is 0 Å². The number of hydrogen-bond donors (Lipinski definition) is 2. The van der Waals surface area contributed by atoms with Crippen molar-refractivity contribution in [2.24, 2.45) is 11.3 Å². The van der Waals surface area contributed by atoms with Crippen LogP contribution in [0.25, 0.3) is 0 Å². The smallest absolute Gasteiger partial charge is 0.228 e. The van der Waals surface area contributed by atoms with Crippen LogP contribution in [0.1, 0.15) is 19.3 Å². The number of benzene rings is 1. The van der Waals surface area contributed by atoms with Crippen LogP contribution in [-0.4, -0.2) is 19.0 Å². The molecular formula is C14H16Cl2N2O. The molecule has 1 aromatic carbocycles. The second-order valence-corrected chi connectivity index (χ2v) is 6.24. The van der Waals surface area contributed by atoms with E-state index in [2.05, 4.69) is 10.6 Å². The van der Waals surface area contributed by atoms with Crippen molar-refractivity contribution < 1.29 is 4.79 Å². The molecule has 2 fully saturated rings. The molecule has 1 aliphatic heterocycles. The minimum atomic E-state index is 0.0751. The lowest BCUT2D eigenvalue weighted by atomic mass is 9.92. The molecule has 19 heavy (non-hydrogen) atoms. The molecule has 1 heterocycles. The zero-order valence-corrected chi connectivity index (χ0v) is 12.0. The Morgan fingerprint density at radius 2 is 2.05 bits per heavy atom. The Kier molecular flexibility index (Phi) is 3.46. The van der Waals surface area contributed by atoms with Gasteiger partial charge >= 0.3 is 0 Å². The van der Waals surface area contributed by atoms with Gasteiger partial charge in [0.05, 0.1) is 15.7 Å². The molecular weight excluding hydrogens is 283 g/mol. The van der Waals surface area contributed by atoms with E-state index in [-0.39, 0.29) is 17.2 Å². The van der Waals surface area contributed by atoms with Crippen molar-refractivity contribution in [1.29, 1.82) is 0 Å². The van der Waals surface area contributed by atoms with E-state index in [1.165, 1.54) is 0 Å². The number of nitrogens with one attached hydrogen (secondary N) is 2. The summed E-state index contributed by atoms with van der Waals surface area (Å²) < 4.78 is 0. The van der Waals surface area contributed by atoms with E-state index in [0.29, 0.717) is 15.7 Å². The Morgan fingerprint density at radius 3 is 2.79 bits per heavy atom. The van der Waals surface area contributed by atoms with Gasteiger partial charge in [0, 0.05) is 5.92 Å². The predicted molar refractivity (Wildman–Crippen MR) is 77.7 cm³/mol. The first-order valence-corrected chi connectivity index (χ1v) is 7.34. The maximum absolute atomic E-state index is 12.3. The molecule has 2 aliphatic rings. The van der Waals surface area contributed by atoms with E-state index >= 15 is 0 Å². The van der Waals surface area contributed by atoms with E-state index in [1.54, 1.807) is 18.2 Å². The van der Waals surface area contributed by atoms with Gasteiger partial charge in [-0.2, -0.15) is 0 Å². The molecule has 1 spiro atoms. The zero-order valence-electron chi connectivity index (χ0n) is 10.5. The molecule has 1 saturated heterocycles. The minimum absolute atomic E-state index is 0.0751. The number of halogens is 2. The maximum atomic E-state index is 12.3. The first-order chi connectivity index (χ1) is 9.12. The molecule has 0 bridgehead atoms. The van der Waals surface area contributed by atoms with Crippen LogP contribution in [0.3, 0.4) is 0 Å². The number of amides is 1. The lowest BCUT2D eigenvalue weighted by Crippen LogP contribution is -2.31. The van der Waals surface area contributed by atoms with Crippen molar-refractivity contribution in [3.8, 4) is 0 Å². The van der Waals surface area contributed by atoms with E-state index in [0.717, 1.165) is 32.4 Å². The Balaban J connectivity index is 1.68. The largest absolute Gasteiger partial charge is 0.324 e. The summed E-state index contributed by atoms with van der Waals surface area (Å²) in [7, 11) is 0. The molecule has 1 aromatic rings. The van der Waals surface area contributed by atoms with Crippen LogP contribution in [-0.2, 0) is 4.79 Å². The third-order valence-corrected chi connectivity index (χ3v) is 5.13. The third-order valence-electron chi connectivity index (χ3n) is 4.32. The number of anilines is 1. The SMILES string of the molecule is O=C(Nc1cccc(Cl)c1Cl)C1CC12CCNCC2. The minimum Gasteiger partial charge on any atom is -0.324 e. The summed E-state index contributed by atoms with van der Waals surface area (Å²) >= 11 is 12.0. The van der Waals surface area contributed by atoms with Gasteiger partial charge in [-0.05, 0) is 49.9 Å². The molecule has 1 unspecified atom stereocenters. The van der Waals surface area contributed by atoms with Crippen LogP contribution in [0.2, 0.25) is 10.0 Å². The molecule has 1 saturated carbocycles. The van der Waals surface area contributed by atoms with E-state index in [9.17, 15) is 4.79 Å². The van der Waals surface area contributed by atoms with Gasteiger partial charge in [-0.3, -0.25) is 4.79 Å². The summed E-state index contributed by atoms with van der Waals surface area (Å²) in [5.74, 6) is 0.204. The molecule has 0 aromatic heterocycles. The predicted octanol–water partition coefficient (Wildman–Crippen LogP) is 3.32. The van der Waals surface area contributed by atoms with Gasteiger partial charge in [-0.15, -0.1) is 0 Å². The van der Waals surface area contributed by atoms with Crippen LogP contribution >= 0.6 is 23.2 Å². The highest BCUT2D eigenvalue weighted by atomic mass is 35.5. The second-order valence-electron chi connectivity index (χ2n) is 5.46. The van der Waals surface area contributed by atoms with E-state index in [1.807, 2.05) is 0 Å². The first kappa shape index (κ1) is 13.2. The molecule has 2 N–H and O–H groups in total. The van der Waals surface area contributed by atoms with Crippen LogP contribution < -0.4 is 10.6 Å². The molecule has 1 amide bonds.